The molecule has 0 fully saturated rings. The lowest BCUT2D eigenvalue weighted by Gasteiger charge is -2.10. The van der Waals surface area contributed by atoms with Gasteiger partial charge in [-0.3, -0.25) is 4.79 Å². The molecule has 0 aliphatic rings. The molecule has 3 aromatic carbocycles. The van der Waals surface area contributed by atoms with Gasteiger partial charge in [0.2, 0.25) is 5.82 Å². The molecule has 0 saturated carbocycles. The van der Waals surface area contributed by atoms with Gasteiger partial charge in [-0.2, -0.15) is 4.98 Å². The Labute approximate surface area is 179 Å². The maximum absolute atomic E-state index is 12.4. The molecular weight excluding hydrogens is 394 g/mol. The summed E-state index contributed by atoms with van der Waals surface area (Å²) in [4.78, 5) is 16.9. The number of carbonyl (C=O) groups is 1. The van der Waals surface area contributed by atoms with Gasteiger partial charge in [-0.15, -0.1) is 0 Å². The van der Waals surface area contributed by atoms with Gasteiger partial charge in [0.05, 0.1) is 18.4 Å². The number of amides is 1. The molecule has 0 spiro atoms. The number of hydrogen-bond acceptors (Lipinski definition) is 6. The van der Waals surface area contributed by atoms with Crippen molar-refractivity contribution in [3.05, 3.63) is 78.4 Å². The number of methoxy groups -OCH3 is 1. The molecule has 0 aliphatic heterocycles. The Morgan fingerprint density at radius 1 is 0.968 bits per heavy atom. The van der Waals surface area contributed by atoms with Gasteiger partial charge in [-0.1, -0.05) is 47.1 Å². The molecule has 0 atom stereocenters. The second-order valence-electron chi connectivity index (χ2n) is 6.85. The van der Waals surface area contributed by atoms with Crippen LogP contribution >= 0.6 is 0 Å². The number of anilines is 1. The molecule has 0 radical (unpaired) electrons. The molecule has 0 saturated heterocycles. The molecule has 4 aromatic rings. The van der Waals surface area contributed by atoms with E-state index in [9.17, 15) is 4.79 Å². The van der Waals surface area contributed by atoms with Gasteiger partial charge in [-0.05, 0) is 43.3 Å². The van der Waals surface area contributed by atoms with Crippen LogP contribution in [0.4, 0.5) is 5.69 Å². The molecule has 7 nitrogen and oxygen atoms in total. The Morgan fingerprint density at radius 2 is 1.68 bits per heavy atom. The van der Waals surface area contributed by atoms with E-state index in [1.165, 1.54) is 0 Å². The second-order valence-corrected chi connectivity index (χ2v) is 6.85. The Morgan fingerprint density at radius 3 is 2.42 bits per heavy atom. The van der Waals surface area contributed by atoms with Crippen molar-refractivity contribution in [2.24, 2.45) is 0 Å². The first-order chi connectivity index (χ1) is 15.1. The van der Waals surface area contributed by atoms with E-state index < -0.39 is 0 Å². The van der Waals surface area contributed by atoms with Crippen molar-refractivity contribution >= 4 is 11.6 Å². The number of carbonyl (C=O) groups excluding carboxylic acids is 1. The summed E-state index contributed by atoms with van der Waals surface area (Å²) in [6, 6.07) is 22.1. The predicted molar refractivity (Wildman–Crippen MR) is 117 cm³/mol. The molecule has 7 heteroatoms. The average Bonchev–Trinajstić information content (AvgIpc) is 3.29. The summed E-state index contributed by atoms with van der Waals surface area (Å²) in [5, 5.41) is 6.91. The molecule has 31 heavy (non-hydrogen) atoms. The summed E-state index contributed by atoms with van der Waals surface area (Å²) in [5.74, 6) is 1.79. The number of nitrogens with zero attached hydrogens (tertiary/aromatic N) is 2. The van der Waals surface area contributed by atoms with E-state index in [1.54, 1.807) is 37.4 Å². The van der Waals surface area contributed by atoms with Gasteiger partial charge in [0.1, 0.15) is 11.5 Å². The van der Waals surface area contributed by atoms with Crippen LogP contribution in [0.1, 0.15) is 5.56 Å². The standard InChI is InChI=1S/C24H21N3O4/c1-16-7-9-17(10-8-16)23-26-24(31-27-23)20-5-3-4-6-21(20)25-22(28)15-30-19-13-11-18(29-2)12-14-19/h3-14H,15H2,1-2H3,(H,25,28). The van der Waals surface area contributed by atoms with Crippen molar-refractivity contribution in [3.8, 4) is 34.3 Å². The molecule has 1 aromatic heterocycles. The molecule has 1 amide bonds. The molecular formula is C24H21N3O4. The minimum Gasteiger partial charge on any atom is -0.497 e. The third-order valence-electron chi connectivity index (χ3n) is 4.60. The average molecular weight is 415 g/mol. The number of ether oxygens (including phenoxy) is 2. The summed E-state index contributed by atoms with van der Waals surface area (Å²) in [6.07, 6.45) is 0. The number of rotatable bonds is 7. The highest BCUT2D eigenvalue weighted by atomic mass is 16.5. The highest BCUT2D eigenvalue weighted by molar-refractivity contribution is 5.95. The van der Waals surface area contributed by atoms with Crippen LogP contribution in [-0.2, 0) is 4.79 Å². The summed E-state index contributed by atoms with van der Waals surface area (Å²) < 4.78 is 16.1. The minimum atomic E-state index is -0.304. The monoisotopic (exact) mass is 415 g/mol. The number of benzene rings is 3. The molecule has 0 unspecified atom stereocenters. The second kappa shape index (κ2) is 9.13. The van der Waals surface area contributed by atoms with Crippen molar-refractivity contribution in [1.29, 1.82) is 0 Å². The van der Waals surface area contributed by atoms with Crippen molar-refractivity contribution in [2.45, 2.75) is 6.92 Å². The Bertz CT molecular complexity index is 1170. The van der Waals surface area contributed by atoms with E-state index in [0.29, 0.717) is 28.7 Å². The lowest BCUT2D eigenvalue weighted by atomic mass is 10.1. The van der Waals surface area contributed by atoms with E-state index in [-0.39, 0.29) is 12.5 Å². The van der Waals surface area contributed by atoms with E-state index in [2.05, 4.69) is 15.5 Å². The first kappa shape index (κ1) is 20.2. The van der Waals surface area contributed by atoms with Crippen LogP contribution in [0.15, 0.2) is 77.3 Å². The van der Waals surface area contributed by atoms with Crippen molar-refractivity contribution in [1.82, 2.24) is 10.1 Å². The van der Waals surface area contributed by atoms with Crippen molar-refractivity contribution in [2.75, 3.05) is 19.0 Å². The Balaban J connectivity index is 1.46. The zero-order chi connectivity index (χ0) is 21.6. The van der Waals surface area contributed by atoms with Gasteiger partial charge in [0.25, 0.3) is 11.8 Å². The molecule has 1 heterocycles. The van der Waals surface area contributed by atoms with Crippen LogP contribution < -0.4 is 14.8 Å². The fourth-order valence-electron chi connectivity index (χ4n) is 2.94. The topological polar surface area (TPSA) is 86.5 Å². The van der Waals surface area contributed by atoms with E-state index in [4.69, 9.17) is 14.0 Å². The molecule has 0 bridgehead atoms. The quantitative estimate of drug-likeness (QED) is 0.469. The number of aromatic nitrogens is 2. The fourth-order valence-corrected chi connectivity index (χ4v) is 2.94. The van der Waals surface area contributed by atoms with Crippen LogP contribution in [0.3, 0.4) is 0 Å². The number of nitrogens with one attached hydrogen (secondary N) is 1. The highest BCUT2D eigenvalue weighted by Gasteiger charge is 2.15. The van der Waals surface area contributed by atoms with Gasteiger partial charge in [-0.25, -0.2) is 0 Å². The fraction of sp³-hybridized carbons (Fsp3) is 0.125. The molecule has 1 N–H and O–H groups in total. The number of aryl methyl sites for hydroxylation is 1. The van der Waals surface area contributed by atoms with E-state index in [1.807, 2.05) is 49.4 Å². The van der Waals surface area contributed by atoms with Crippen molar-refractivity contribution in [3.63, 3.8) is 0 Å². The smallest absolute Gasteiger partial charge is 0.262 e. The van der Waals surface area contributed by atoms with E-state index in [0.717, 1.165) is 16.9 Å². The third kappa shape index (κ3) is 4.90. The Kier molecular flexibility index (Phi) is 5.93. The SMILES string of the molecule is COc1ccc(OCC(=O)Nc2ccccc2-c2nc(-c3ccc(C)cc3)no2)cc1. The first-order valence-electron chi connectivity index (χ1n) is 9.69. The maximum Gasteiger partial charge on any atom is 0.262 e. The minimum absolute atomic E-state index is 0.140. The summed E-state index contributed by atoms with van der Waals surface area (Å²) in [6.45, 7) is 1.88. The van der Waals surface area contributed by atoms with Crippen molar-refractivity contribution < 1.29 is 18.8 Å². The molecule has 0 aliphatic carbocycles. The number of para-hydroxylation sites is 1. The van der Waals surface area contributed by atoms with Gasteiger partial charge >= 0.3 is 0 Å². The highest BCUT2D eigenvalue weighted by Crippen LogP contribution is 2.28. The van der Waals surface area contributed by atoms with Gasteiger partial charge in [0.15, 0.2) is 6.61 Å². The largest absolute Gasteiger partial charge is 0.497 e. The third-order valence-corrected chi connectivity index (χ3v) is 4.60. The van der Waals surface area contributed by atoms with Crippen LogP contribution in [0.25, 0.3) is 22.8 Å². The van der Waals surface area contributed by atoms with Crippen LogP contribution in [0.2, 0.25) is 0 Å². The number of hydrogen-bond donors (Lipinski definition) is 1. The predicted octanol–water partition coefficient (Wildman–Crippen LogP) is 4.74. The van der Waals surface area contributed by atoms with Crippen LogP contribution in [0, 0.1) is 6.92 Å². The normalized spacial score (nSPS) is 10.5. The maximum atomic E-state index is 12.4. The summed E-state index contributed by atoms with van der Waals surface area (Å²) in [7, 11) is 1.59. The first-order valence-corrected chi connectivity index (χ1v) is 9.69. The van der Waals surface area contributed by atoms with Gasteiger partial charge < -0.3 is 19.3 Å². The molecule has 156 valence electrons. The zero-order valence-corrected chi connectivity index (χ0v) is 17.2. The summed E-state index contributed by atoms with van der Waals surface area (Å²) in [5.41, 5.74) is 3.20. The molecule has 4 rings (SSSR count). The lowest BCUT2D eigenvalue weighted by molar-refractivity contribution is -0.118. The van der Waals surface area contributed by atoms with Crippen LogP contribution in [-0.4, -0.2) is 29.8 Å². The van der Waals surface area contributed by atoms with E-state index >= 15 is 0 Å². The zero-order valence-electron chi connectivity index (χ0n) is 17.2. The lowest BCUT2D eigenvalue weighted by Crippen LogP contribution is -2.20. The summed E-state index contributed by atoms with van der Waals surface area (Å²) >= 11 is 0. The van der Waals surface area contributed by atoms with Crippen LogP contribution in [0.5, 0.6) is 11.5 Å². The van der Waals surface area contributed by atoms with Gasteiger partial charge in [0, 0.05) is 5.56 Å². The Hall–Kier alpha value is -4.13.